The van der Waals surface area contributed by atoms with E-state index in [0.717, 1.165) is 245 Å². The number of halogens is 4. The molecule has 3 aliphatic rings. The molecule has 3 aliphatic heterocycles. The predicted octanol–water partition coefficient (Wildman–Crippen LogP) is 23.3. The maximum atomic E-state index is 13.9. The van der Waals surface area contributed by atoms with Gasteiger partial charge < -0.3 is 39.5 Å². The second-order valence-corrected chi connectivity index (χ2v) is 35.8. The molecule has 16 aromatic heterocycles. The van der Waals surface area contributed by atoms with Crippen LogP contribution in [-0.2, 0) is 0 Å². The highest BCUT2D eigenvalue weighted by Gasteiger charge is 2.26. The standard InChI is InChI=1S/C29H24FN7.C28H22FN7.C27H20FN7.C26H20FN7/c30-21-6-4-5-19(11-21)24-16-32-17-26-27(24)34-29(33-26)28-23-13-18(7-8-25(23)35-36-28)20-12-22(15-31-14-20)37-9-2-1-3-10-37;29-20-5-3-4-18(10-20)23-15-31-16-25-26(23)33-28(32-25)27-22-12-17(6-7-24(22)34-35-27)19-11-21(14-30-13-19)36-8-1-2-9-36;28-19-4-1-3-17(9-19)22-14-30-15-24-25(22)32-27(31-24)26-21-11-16(5-6-23(21)33-34-26)18-10-20(13-29-12-18)35-7-2-8-35;1-34(2)19-9-17(11-28-12-19)15-6-7-22-20(10-15)25(33-32-22)26-30-23-14-29-13-21(24(23)31-26)16-4-3-5-18(27)8-16/h4-8,11-17H,1-3,9-10H2,(H,33,34)(H,35,36);3-7,10-16H,1-2,8-9H2,(H,32,33)(H,34,35);1,3-6,9-15H,2,7-8H2,(H,31,32)(H,33,34);3-14H,1-2H3,(H,30,31)(H,32,33). The molecular formula is C110H86F4N28. The van der Waals surface area contributed by atoms with Crippen LogP contribution < -0.4 is 19.6 Å². The van der Waals surface area contributed by atoms with Gasteiger partial charge in [-0.1, -0.05) is 72.8 Å². The maximum absolute atomic E-state index is 13.9. The first kappa shape index (κ1) is 86.5. The van der Waals surface area contributed by atoms with E-state index in [2.05, 4.69) is 182 Å². The van der Waals surface area contributed by atoms with Crippen LogP contribution in [0.4, 0.5) is 40.3 Å². The zero-order chi connectivity index (χ0) is 95.4. The van der Waals surface area contributed by atoms with E-state index in [0.29, 0.717) is 34.5 Å². The summed E-state index contributed by atoms with van der Waals surface area (Å²) in [6.07, 6.45) is 36.4. The average Bonchev–Trinajstić information content (AvgIpc) is 1.62. The Morgan fingerprint density at radius 2 is 0.507 bits per heavy atom. The summed E-state index contributed by atoms with van der Waals surface area (Å²) in [4.78, 5) is 77.2. The van der Waals surface area contributed by atoms with Crippen LogP contribution >= 0.6 is 0 Å². The first-order valence-electron chi connectivity index (χ1n) is 46.8. The normalized spacial score (nSPS) is 13.2. The number of benzene rings is 8. The third-order valence-electron chi connectivity index (χ3n) is 26.4. The van der Waals surface area contributed by atoms with E-state index in [4.69, 9.17) is 19.9 Å². The van der Waals surface area contributed by atoms with Crippen molar-refractivity contribution in [1.82, 2.24) is 121 Å². The lowest BCUT2D eigenvalue weighted by Crippen LogP contribution is -2.36. The predicted molar refractivity (Wildman–Crippen MR) is 549 cm³/mol. The molecule has 8 aromatic carbocycles. The lowest BCUT2D eigenvalue weighted by atomic mass is 10.0. The SMILES string of the molecule is CN(C)c1cncc(-c2ccc3[nH]nc(-c4nc5c(-c6cccc(F)c6)cncc5[nH]4)c3c2)c1.Fc1cccc(-c2cncc3[nH]c(-c4n[nH]c5ccc(-c6cncc(N7CCC7)c6)cc45)nc23)c1.Fc1cccc(-c2cncc3[nH]c(-c4n[nH]c5ccc(-c6cncc(N7CCCC7)c6)cc45)nc23)c1.Fc1cccc(-c2cncc3[nH]c(-c4n[nH]c5ccc(-c6cncc(N7CCCCC7)c6)cc45)nc23)c1. The number of imidazole rings is 4. The van der Waals surface area contributed by atoms with E-state index in [1.165, 1.54) is 92.7 Å². The molecule has 0 radical (unpaired) electrons. The van der Waals surface area contributed by atoms with Gasteiger partial charge in [0.25, 0.3) is 0 Å². The molecule has 28 nitrogen and oxygen atoms in total. The Kier molecular flexibility index (Phi) is 22.5. The minimum absolute atomic E-state index is 0.296. The zero-order valence-corrected chi connectivity index (χ0v) is 76.7. The molecule has 142 heavy (non-hydrogen) atoms. The van der Waals surface area contributed by atoms with E-state index in [1.807, 2.05) is 123 Å². The molecule has 0 unspecified atom stereocenters. The van der Waals surface area contributed by atoms with Gasteiger partial charge in [-0.25, -0.2) is 37.5 Å². The highest BCUT2D eigenvalue weighted by Crippen LogP contribution is 2.42. The Bertz CT molecular complexity index is 8890. The molecule has 0 atom stereocenters. The largest absolute Gasteiger partial charge is 0.376 e. The number of piperidine rings is 1. The Balaban J connectivity index is 0.000000102. The highest BCUT2D eigenvalue weighted by molar-refractivity contribution is 6.04. The fourth-order valence-electron chi connectivity index (χ4n) is 19.0. The Morgan fingerprint density at radius 3 is 0.782 bits per heavy atom. The van der Waals surface area contributed by atoms with E-state index in [1.54, 1.807) is 73.8 Å². The van der Waals surface area contributed by atoms with Gasteiger partial charge in [0.05, 0.1) is 139 Å². The summed E-state index contributed by atoms with van der Waals surface area (Å²) in [5, 5.41) is 34.5. The number of fused-ring (bicyclic) bond motifs is 8. The number of rotatable bonds is 16. The second-order valence-electron chi connectivity index (χ2n) is 35.8. The molecule has 0 bridgehead atoms. The summed E-state index contributed by atoms with van der Waals surface area (Å²) in [7, 11) is 3.99. The minimum Gasteiger partial charge on any atom is -0.376 e. The van der Waals surface area contributed by atoms with Crippen molar-refractivity contribution in [3.05, 3.63) is 317 Å². The monoisotopic (exact) mass is 1870 g/mol. The summed E-state index contributed by atoms with van der Waals surface area (Å²) in [5.74, 6) is 1.31. The van der Waals surface area contributed by atoms with E-state index >= 15 is 0 Å². The summed E-state index contributed by atoms with van der Waals surface area (Å²) < 4.78 is 55.5. The van der Waals surface area contributed by atoms with Crippen molar-refractivity contribution in [1.29, 1.82) is 0 Å². The fraction of sp³-hybridized carbons (Fsp3) is 0.127. The molecule has 8 N–H and O–H groups in total. The van der Waals surface area contributed by atoms with Gasteiger partial charge in [-0.3, -0.25) is 60.3 Å². The van der Waals surface area contributed by atoms with Crippen LogP contribution in [0.15, 0.2) is 293 Å². The number of nitrogens with zero attached hydrogens (tertiary/aromatic N) is 20. The first-order chi connectivity index (χ1) is 69.7. The summed E-state index contributed by atoms with van der Waals surface area (Å²) in [6.45, 7) is 6.47. The van der Waals surface area contributed by atoms with Gasteiger partial charge >= 0.3 is 0 Å². The second kappa shape index (κ2) is 36.9. The topological polar surface area (TPSA) is 346 Å². The van der Waals surface area contributed by atoms with Crippen LogP contribution in [0.1, 0.15) is 38.5 Å². The molecule has 0 spiro atoms. The Hall–Kier alpha value is -18.4. The van der Waals surface area contributed by atoms with Crippen LogP contribution in [0.2, 0.25) is 0 Å². The number of hydrogen-bond donors (Lipinski definition) is 8. The lowest BCUT2D eigenvalue weighted by Gasteiger charge is -2.33. The minimum atomic E-state index is -0.302. The quantitative estimate of drug-likeness (QED) is 0.0417. The lowest BCUT2D eigenvalue weighted by molar-refractivity contribution is 0.577. The van der Waals surface area contributed by atoms with Gasteiger partial charge in [-0.2, -0.15) is 20.4 Å². The molecule has 32 heteroatoms. The third-order valence-corrected chi connectivity index (χ3v) is 26.4. The van der Waals surface area contributed by atoms with Crippen molar-refractivity contribution < 1.29 is 17.6 Å². The number of anilines is 4. The summed E-state index contributed by atoms with van der Waals surface area (Å²) in [5.41, 5.74) is 31.3. The number of aromatic amines is 8. The molecule has 0 amide bonds. The van der Waals surface area contributed by atoms with E-state index in [9.17, 15) is 17.6 Å². The molecule has 0 saturated carbocycles. The van der Waals surface area contributed by atoms with Gasteiger partial charge in [-0.15, -0.1) is 0 Å². The van der Waals surface area contributed by atoms with Crippen molar-refractivity contribution >= 4 is 110 Å². The summed E-state index contributed by atoms with van der Waals surface area (Å²) >= 11 is 0. The first-order valence-corrected chi connectivity index (χ1v) is 46.8. The van der Waals surface area contributed by atoms with Crippen LogP contribution in [0.25, 0.3) is 223 Å². The maximum Gasteiger partial charge on any atom is 0.159 e. The third kappa shape index (κ3) is 17.0. The summed E-state index contributed by atoms with van der Waals surface area (Å²) in [6, 6.07) is 59.4. The van der Waals surface area contributed by atoms with Crippen LogP contribution in [0.3, 0.4) is 0 Å². The highest BCUT2D eigenvalue weighted by atomic mass is 19.1. The molecule has 19 heterocycles. The van der Waals surface area contributed by atoms with Gasteiger partial charge in [0.15, 0.2) is 23.3 Å². The van der Waals surface area contributed by atoms with Crippen molar-refractivity contribution in [3.63, 3.8) is 0 Å². The molecule has 27 rings (SSSR count). The fourth-order valence-corrected chi connectivity index (χ4v) is 19.0. The van der Waals surface area contributed by atoms with E-state index < -0.39 is 0 Å². The molecule has 0 aliphatic carbocycles. The smallest absolute Gasteiger partial charge is 0.159 e. The molecule has 3 saturated heterocycles. The van der Waals surface area contributed by atoms with Crippen LogP contribution in [0, 0.1) is 23.3 Å². The zero-order valence-electron chi connectivity index (χ0n) is 76.7. The van der Waals surface area contributed by atoms with Crippen molar-refractivity contribution in [2.24, 2.45) is 0 Å². The molecular weight excluding hydrogens is 1790 g/mol. The van der Waals surface area contributed by atoms with Crippen molar-refractivity contribution in [2.45, 2.75) is 38.5 Å². The van der Waals surface area contributed by atoms with Crippen LogP contribution in [0.5, 0.6) is 0 Å². The van der Waals surface area contributed by atoms with E-state index in [-0.39, 0.29) is 23.3 Å². The number of aromatic nitrogens is 24. The van der Waals surface area contributed by atoms with Crippen LogP contribution in [-0.4, -0.2) is 174 Å². The Morgan fingerprint density at radius 1 is 0.239 bits per heavy atom. The number of H-pyrrole nitrogens is 8. The molecule has 694 valence electrons. The van der Waals surface area contributed by atoms with Crippen molar-refractivity contribution in [3.8, 4) is 135 Å². The molecule has 3 fully saturated rings. The van der Waals surface area contributed by atoms with Gasteiger partial charge in [0, 0.05) is 169 Å². The van der Waals surface area contributed by atoms with Crippen molar-refractivity contribution in [2.75, 3.05) is 73.0 Å². The number of nitrogens with one attached hydrogen (secondary N) is 8. The van der Waals surface area contributed by atoms with Gasteiger partial charge in [0.2, 0.25) is 0 Å². The van der Waals surface area contributed by atoms with Gasteiger partial charge in [0.1, 0.15) is 46.0 Å². The number of hydrogen-bond acceptors (Lipinski definition) is 20. The number of pyridine rings is 8. The Labute approximate surface area is 807 Å². The molecule has 24 aromatic rings. The average molecular weight is 1880 g/mol. The van der Waals surface area contributed by atoms with Gasteiger partial charge in [-0.05, 0) is 204 Å².